The monoisotopic (exact) mass is 162 g/mol. The molecule has 0 atom stereocenters. The lowest BCUT2D eigenvalue weighted by molar-refractivity contribution is 0.458. The van der Waals surface area contributed by atoms with Crippen LogP contribution in [0.15, 0.2) is 0 Å². The highest BCUT2D eigenvalue weighted by atomic mass is 32.2. The molecule has 0 aromatic carbocycles. The second kappa shape index (κ2) is 2.88. The average Bonchev–Trinajstić information content (AvgIpc) is 1.88. The fourth-order valence-electron chi connectivity index (χ4n) is 1.02. The first-order chi connectivity index (χ1) is 4.61. The molecule has 10 heavy (non-hydrogen) atoms. The van der Waals surface area contributed by atoms with Gasteiger partial charge in [0.05, 0.1) is 5.25 Å². The van der Waals surface area contributed by atoms with Gasteiger partial charge in [0.1, 0.15) is 0 Å². The highest BCUT2D eigenvalue weighted by Crippen LogP contribution is 2.20. The van der Waals surface area contributed by atoms with Crippen LogP contribution in [0.2, 0.25) is 0 Å². The van der Waals surface area contributed by atoms with Gasteiger partial charge < -0.3 is 0 Å². The van der Waals surface area contributed by atoms with Gasteiger partial charge in [0.2, 0.25) is 0 Å². The Labute approximate surface area is 61.2 Å². The van der Waals surface area contributed by atoms with Gasteiger partial charge in [0, 0.05) is 0 Å². The maximum absolute atomic E-state index is 10.5. The van der Waals surface area contributed by atoms with Crippen molar-refractivity contribution in [1.82, 2.24) is 0 Å². The molecule has 0 amide bonds. The van der Waals surface area contributed by atoms with Crippen LogP contribution >= 0.6 is 0 Å². The summed E-state index contributed by atoms with van der Waals surface area (Å²) in [5.41, 5.74) is 0. The van der Waals surface area contributed by atoms with E-state index in [0.29, 0.717) is 12.8 Å². The van der Waals surface area contributed by atoms with Crippen molar-refractivity contribution in [2.75, 3.05) is 0 Å². The van der Waals surface area contributed by atoms with Crippen LogP contribution in [0.3, 0.4) is 0 Å². The Hall–Kier alpha value is -0.0900. The topological polar surface area (TPSA) is 54.4 Å². The fraction of sp³-hybridized carbons (Fsp3) is 0.667. The Morgan fingerprint density at radius 1 is 1.30 bits per heavy atom. The first-order valence-electron chi connectivity index (χ1n) is 3.20. The molecule has 2 radical (unpaired) electrons. The van der Waals surface area contributed by atoms with E-state index in [1.165, 1.54) is 0 Å². The van der Waals surface area contributed by atoms with Crippen LogP contribution in [0.4, 0.5) is 0 Å². The molecule has 0 aromatic rings. The molecule has 3 nitrogen and oxygen atoms in total. The van der Waals surface area contributed by atoms with E-state index in [4.69, 9.17) is 4.55 Å². The minimum atomic E-state index is -3.79. The van der Waals surface area contributed by atoms with Crippen molar-refractivity contribution in [3.63, 3.8) is 0 Å². The maximum atomic E-state index is 10.5. The molecule has 0 unspecified atom stereocenters. The highest BCUT2D eigenvalue weighted by molar-refractivity contribution is 7.86. The first-order valence-corrected chi connectivity index (χ1v) is 4.70. The lowest BCUT2D eigenvalue weighted by Gasteiger charge is -2.17. The molecule has 1 aliphatic carbocycles. The van der Waals surface area contributed by atoms with E-state index in [-0.39, 0.29) is 0 Å². The third-order valence-corrected chi connectivity index (χ3v) is 2.84. The van der Waals surface area contributed by atoms with Gasteiger partial charge in [0.25, 0.3) is 10.1 Å². The van der Waals surface area contributed by atoms with E-state index in [9.17, 15) is 8.42 Å². The molecule has 0 heterocycles. The summed E-state index contributed by atoms with van der Waals surface area (Å²) in [6.07, 6.45) is 5.54. The zero-order valence-corrected chi connectivity index (χ0v) is 6.34. The second-order valence-electron chi connectivity index (χ2n) is 2.42. The minimum absolute atomic E-state index is 0.481. The molecule has 0 saturated heterocycles. The van der Waals surface area contributed by atoms with E-state index in [0.717, 1.165) is 6.42 Å². The lowest BCUT2D eigenvalue weighted by atomic mass is 10.0. The molecule has 1 N–H and O–H groups in total. The molecular formula is C6H10O3S. The third-order valence-electron chi connectivity index (χ3n) is 1.61. The van der Waals surface area contributed by atoms with Crippen molar-refractivity contribution >= 4 is 10.1 Å². The number of rotatable bonds is 1. The molecule has 0 aromatic heterocycles. The van der Waals surface area contributed by atoms with Crippen molar-refractivity contribution < 1.29 is 13.0 Å². The van der Waals surface area contributed by atoms with E-state index in [1.54, 1.807) is 0 Å². The Morgan fingerprint density at radius 2 is 1.80 bits per heavy atom. The zero-order chi connectivity index (χ0) is 7.61. The predicted molar refractivity (Wildman–Crippen MR) is 37.8 cm³/mol. The summed E-state index contributed by atoms with van der Waals surface area (Å²) in [6, 6.07) is 0. The molecule has 0 spiro atoms. The Balaban J connectivity index is 2.56. The first kappa shape index (κ1) is 8.01. The predicted octanol–water partition coefficient (Wildman–Crippen LogP) is 0.835. The van der Waals surface area contributed by atoms with Crippen LogP contribution in [0.25, 0.3) is 0 Å². The quantitative estimate of drug-likeness (QED) is 0.581. The highest BCUT2D eigenvalue weighted by Gasteiger charge is 2.24. The molecule has 1 aliphatic rings. The van der Waals surface area contributed by atoms with E-state index in [1.807, 2.05) is 12.8 Å². The van der Waals surface area contributed by atoms with Gasteiger partial charge in [-0.3, -0.25) is 4.55 Å². The fourth-order valence-corrected chi connectivity index (χ4v) is 1.78. The summed E-state index contributed by atoms with van der Waals surface area (Å²) < 4.78 is 29.6. The van der Waals surface area contributed by atoms with Crippen molar-refractivity contribution in [2.24, 2.45) is 0 Å². The maximum Gasteiger partial charge on any atom is 0.267 e. The van der Waals surface area contributed by atoms with Gasteiger partial charge in [0.15, 0.2) is 0 Å². The Kier molecular flexibility index (Phi) is 2.31. The standard InChI is InChI=1S/C6H10O3S/c7-10(8,9)6-4-2-1-3-5-6/h2-3,6H,1,4-5H2,(H,7,8,9). The van der Waals surface area contributed by atoms with Gasteiger partial charge >= 0.3 is 0 Å². The minimum Gasteiger partial charge on any atom is -0.285 e. The van der Waals surface area contributed by atoms with Crippen LogP contribution in [-0.2, 0) is 10.1 Å². The molecule has 1 saturated carbocycles. The van der Waals surface area contributed by atoms with E-state index >= 15 is 0 Å². The van der Waals surface area contributed by atoms with Gasteiger partial charge in [-0.05, 0) is 32.1 Å². The third kappa shape index (κ3) is 1.95. The molecule has 1 fully saturated rings. The Bertz CT molecular complexity index is 189. The molecule has 58 valence electrons. The Morgan fingerprint density at radius 3 is 2.10 bits per heavy atom. The SMILES string of the molecule is O=S(=O)(O)C1C[CH]C[CH]C1. The van der Waals surface area contributed by atoms with Crippen molar-refractivity contribution in [3.05, 3.63) is 12.8 Å². The van der Waals surface area contributed by atoms with E-state index < -0.39 is 15.4 Å². The normalized spacial score (nSPS) is 22.9. The lowest BCUT2D eigenvalue weighted by Crippen LogP contribution is -2.23. The van der Waals surface area contributed by atoms with Gasteiger partial charge in [-0.2, -0.15) is 8.42 Å². The summed E-state index contributed by atoms with van der Waals surface area (Å²) in [5, 5.41) is -0.582. The summed E-state index contributed by atoms with van der Waals surface area (Å²) >= 11 is 0. The molecular weight excluding hydrogens is 152 g/mol. The molecule has 0 aliphatic heterocycles. The average molecular weight is 162 g/mol. The zero-order valence-electron chi connectivity index (χ0n) is 5.53. The number of hydrogen-bond acceptors (Lipinski definition) is 2. The van der Waals surface area contributed by atoms with Crippen molar-refractivity contribution in [3.8, 4) is 0 Å². The van der Waals surface area contributed by atoms with Gasteiger partial charge in [-0.25, -0.2) is 0 Å². The summed E-state index contributed by atoms with van der Waals surface area (Å²) in [7, 11) is -3.79. The number of hydrogen-bond donors (Lipinski definition) is 1. The van der Waals surface area contributed by atoms with Gasteiger partial charge in [-0.15, -0.1) is 0 Å². The second-order valence-corrected chi connectivity index (χ2v) is 4.12. The molecule has 0 bridgehead atoms. The summed E-state index contributed by atoms with van der Waals surface area (Å²) in [5.74, 6) is 0. The molecule has 4 heteroatoms. The summed E-state index contributed by atoms with van der Waals surface area (Å²) in [6.45, 7) is 0. The smallest absolute Gasteiger partial charge is 0.267 e. The van der Waals surface area contributed by atoms with Crippen LogP contribution in [-0.4, -0.2) is 18.2 Å². The van der Waals surface area contributed by atoms with Crippen LogP contribution in [0, 0.1) is 12.8 Å². The van der Waals surface area contributed by atoms with E-state index in [2.05, 4.69) is 0 Å². The van der Waals surface area contributed by atoms with Crippen LogP contribution in [0.1, 0.15) is 19.3 Å². The van der Waals surface area contributed by atoms with Crippen molar-refractivity contribution in [1.29, 1.82) is 0 Å². The van der Waals surface area contributed by atoms with Crippen LogP contribution < -0.4 is 0 Å². The molecule has 1 rings (SSSR count). The van der Waals surface area contributed by atoms with Crippen molar-refractivity contribution in [2.45, 2.75) is 24.5 Å². The van der Waals surface area contributed by atoms with Gasteiger partial charge in [-0.1, -0.05) is 0 Å². The van der Waals surface area contributed by atoms with Crippen LogP contribution in [0.5, 0.6) is 0 Å². The largest absolute Gasteiger partial charge is 0.285 e. The summed E-state index contributed by atoms with van der Waals surface area (Å²) in [4.78, 5) is 0.